The SMILES string of the molecule is CN1CCN(c2nnnn2CCc2cccs2)Cc2cccnc21. The van der Waals surface area contributed by atoms with E-state index in [-0.39, 0.29) is 0 Å². The number of fused-ring (bicyclic) bond motifs is 1. The number of nitrogens with zero attached hydrogens (tertiary/aromatic N) is 7. The van der Waals surface area contributed by atoms with Gasteiger partial charge in [-0.3, -0.25) is 0 Å². The Morgan fingerprint density at radius 3 is 3.04 bits per heavy atom. The summed E-state index contributed by atoms with van der Waals surface area (Å²) < 4.78 is 1.90. The summed E-state index contributed by atoms with van der Waals surface area (Å²) in [6.07, 6.45) is 2.79. The third-order valence-electron chi connectivity index (χ3n) is 4.24. The Kier molecular flexibility index (Phi) is 4.12. The van der Waals surface area contributed by atoms with Gasteiger partial charge in [-0.2, -0.15) is 0 Å². The van der Waals surface area contributed by atoms with E-state index in [1.165, 1.54) is 10.4 Å². The summed E-state index contributed by atoms with van der Waals surface area (Å²) in [6.45, 7) is 3.32. The Labute approximate surface area is 144 Å². The normalized spacial score (nSPS) is 14.5. The maximum absolute atomic E-state index is 4.51. The van der Waals surface area contributed by atoms with Gasteiger partial charge in [-0.1, -0.05) is 17.2 Å². The van der Waals surface area contributed by atoms with E-state index < -0.39 is 0 Å². The summed E-state index contributed by atoms with van der Waals surface area (Å²) in [5.41, 5.74) is 1.20. The first-order valence-corrected chi connectivity index (χ1v) is 8.88. The van der Waals surface area contributed by atoms with Gasteiger partial charge in [0.2, 0.25) is 5.95 Å². The molecule has 0 aromatic carbocycles. The van der Waals surface area contributed by atoms with Crippen LogP contribution in [0.5, 0.6) is 0 Å². The second-order valence-corrected chi connectivity index (χ2v) is 6.89. The Morgan fingerprint density at radius 1 is 1.21 bits per heavy atom. The lowest BCUT2D eigenvalue weighted by Gasteiger charge is -2.21. The molecule has 7 nitrogen and oxygen atoms in total. The van der Waals surface area contributed by atoms with Gasteiger partial charge >= 0.3 is 0 Å². The van der Waals surface area contributed by atoms with Crippen LogP contribution in [0, 0.1) is 0 Å². The molecule has 1 aliphatic rings. The molecule has 0 N–H and O–H groups in total. The summed E-state index contributed by atoms with van der Waals surface area (Å²) in [5.74, 6) is 1.87. The van der Waals surface area contributed by atoms with E-state index in [1.54, 1.807) is 11.3 Å². The molecule has 3 aromatic rings. The fourth-order valence-electron chi connectivity index (χ4n) is 2.97. The monoisotopic (exact) mass is 341 g/mol. The van der Waals surface area contributed by atoms with Gasteiger partial charge in [0, 0.05) is 49.7 Å². The number of thiophene rings is 1. The van der Waals surface area contributed by atoms with Gasteiger partial charge < -0.3 is 9.80 Å². The summed E-state index contributed by atoms with van der Waals surface area (Å²) in [4.78, 5) is 10.3. The fraction of sp³-hybridized carbons (Fsp3) is 0.375. The van der Waals surface area contributed by atoms with Crippen molar-refractivity contribution in [2.45, 2.75) is 19.5 Å². The lowest BCUT2D eigenvalue weighted by molar-refractivity contribution is 0.580. The molecule has 0 saturated carbocycles. The highest BCUT2D eigenvalue weighted by Gasteiger charge is 2.22. The van der Waals surface area contributed by atoms with Gasteiger partial charge in [-0.15, -0.1) is 11.3 Å². The van der Waals surface area contributed by atoms with Gasteiger partial charge in [-0.25, -0.2) is 9.67 Å². The van der Waals surface area contributed by atoms with Crippen molar-refractivity contribution in [3.8, 4) is 0 Å². The predicted molar refractivity (Wildman–Crippen MR) is 94.4 cm³/mol. The number of rotatable bonds is 4. The highest BCUT2D eigenvalue weighted by atomic mass is 32.1. The average Bonchev–Trinajstić information content (AvgIpc) is 3.25. The van der Waals surface area contributed by atoms with Crippen LogP contribution in [-0.4, -0.2) is 45.3 Å². The minimum absolute atomic E-state index is 0.771. The van der Waals surface area contributed by atoms with Crippen molar-refractivity contribution in [2.75, 3.05) is 29.9 Å². The minimum Gasteiger partial charge on any atom is -0.358 e. The molecule has 124 valence electrons. The fourth-order valence-corrected chi connectivity index (χ4v) is 3.67. The quantitative estimate of drug-likeness (QED) is 0.721. The number of hydrogen-bond acceptors (Lipinski definition) is 7. The lowest BCUT2D eigenvalue weighted by atomic mass is 10.2. The summed E-state index contributed by atoms with van der Waals surface area (Å²) in [6, 6.07) is 8.33. The van der Waals surface area contributed by atoms with Gasteiger partial charge in [0.25, 0.3) is 0 Å². The van der Waals surface area contributed by atoms with Crippen molar-refractivity contribution in [1.29, 1.82) is 0 Å². The van der Waals surface area contributed by atoms with Crippen LogP contribution in [0.4, 0.5) is 11.8 Å². The van der Waals surface area contributed by atoms with Crippen molar-refractivity contribution in [3.63, 3.8) is 0 Å². The number of tetrazole rings is 1. The number of aryl methyl sites for hydroxylation is 2. The van der Waals surface area contributed by atoms with E-state index in [1.807, 2.05) is 16.9 Å². The molecule has 0 atom stereocenters. The number of hydrogen-bond donors (Lipinski definition) is 0. The maximum Gasteiger partial charge on any atom is 0.245 e. The molecule has 0 radical (unpaired) electrons. The molecular weight excluding hydrogens is 322 g/mol. The molecule has 8 heteroatoms. The van der Waals surface area contributed by atoms with Gasteiger partial charge in [0.15, 0.2) is 0 Å². The number of anilines is 2. The molecular formula is C16H19N7S. The number of aromatic nitrogens is 5. The third kappa shape index (κ3) is 2.96. The summed E-state index contributed by atoms with van der Waals surface area (Å²) in [5, 5.41) is 14.5. The standard InChI is InChI=1S/C16H19N7S/c1-21-9-10-22(12-13-4-2-7-17-15(13)21)16-18-19-20-23(16)8-6-14-5-3-11-24-14/h2-5,7,11H,6,8-10,12H2,1H3. The number of pyridine rings is 1. The molecule has 0 saturated heterocycles. The van der Waals surface area contributed by atoms with Crippen LogP contribution in [0.3, 0.4) is 0 Å². The molecule has 1 aliphatic heterocycles. The molecule has 0 fully saturated rings. The van der Waals surface area contributed by atoms with Gasteiger partial charge in [-0.05, 0) is 27.9 Å². The minimum atomic E-state index is 0.771. The Hall–Kier alpha value is -2.48. The zero-order valence-corrected chi connectivity index (χ0v) is 14.4. The number of likely N-dealkylation sites (N-methyl/N-ethyl adjacent to an activating group) is 1. The summed E-state index contributed by atoms with van der Waals surface area (Å²) in [7, 11) is 2.08. The Bertz CT molecular complexity index is 798. The third-order valence-corrected chi connectivity index (χ3v) is 5.18. The molecule has 0 bridgehead atoms. The Balaban J connectivity index is 1.55. The maximum atomic E-state index is 4.51. The first-order chi connectivity index (χ1) is 11.8. The molecule has 4 rings (SSSR count). The van der Waals surface area contributed by atoms with E-state index in [0.29, 0.717) is 0 Å². The van der Waals surface area contributed by atoms with Crippen LogP contribution >= 0.6 is 11.3 Å². The van der Waals surface area contributed by atoms with Crippen LogP contribution in [0.25, 0.3) is 0 Å². The van der Waals surface area contributed by atoms with Crippen molar-refractivity contribution in [1.82, 2.24) is 25.2 Å². The average molecular weight is 341 g/mol. The van der Waals surface area contributed by atoms with Crippen molar-refractivity contribution in [2.24, 2.45) is 0 Å². The molecule has 0 aliphatic carbocycles. The molecule has 0 spiro atoms. The largest absolute Gasteiger partial charge is 0.358 e. The van der Waals surface area contributed by atoms with E-state index in [4.69, 9.17) is 0 Å². The van der Waals surface area contributed by atoms with Crippen LogP contribution in [0.1, 0.15) is 10.4 Å². The van der Waals surface area contributed by atoms with Crippen LogP contribution in [-0.2, 0) is 19.5 Å². The molecule has 0 amide bonds. The van der Waals surface area contributed by atoms with Crippen molar-refractivity contribution >= 4 is 23.1 Å². The van der Waals surface area contributed by atoms with Crippen LogP contribution < -0.4 is 9.80 Å². The molecule has 0 unspecified atom stereocenters. The van der Waals surface area contributed by atoms with Gasteiger partial charge in [0.05, 0.1) is 6.54 Å². The molecule has 24 heavy (non-hydrogen) atoms. The predicted octanol–water partition coefficient (Wildman–Crippen LogP) is 1.83. The molecule has 3 aromatic heterocycles. The second-order valence-electron chi connectivity index (χ2n) is 5.86. The molecule has 4 heterocycles. The van der Waals surface area contributed by atoms with E-state index in [0.717, 1.165) is 44.4 Å². The zero-order valence-electron chi connectivity index (χ0n) is 13.5. The smallest absolute Gasteiger partial charge is 0.245 e. The first-order valence-electron chi connectivity index (χ1n) is 8.00. The highest BCUT2D eigenvalue weighted by molar-refractivity contribution is 7.09. The zero-order chi connectivity index (χ0) is 16.4. The van der Waals surface area contributed by atoms with Crippen molar-refractivity contribution < 1.29 is 0 Å². The highest BCUT2D eigenvalue weighted by Crippen LogP contribution is 2.24. The van der Waals surface area contributed by atoms with E-state index >= 15 is 0 Å². The van der Waals surface area contributed by atoms with E-state index in [2.05, 4.69) is 60.9 Å². The second kappa shape index (κ2) is 6.56. The Morgan fingerprint density at radius 2 is 2.17 bits per heavy atom. The first kappa shape index (κ1) is 15.1. The van der Waals surface area contributed by atoms with Crippen LogP contribution in [0.15, 0.2) is 35.8 Å². The summed E-state index contributed by atoms with van der Waals surface area (Å²) >= 11 is 1.77. The van der Waals surface area contributed by atoms with Gasteiger partial charge in [0.1, 0.15) is 5.82 Å². The van der Waals surface area contributed by atoms with E-state index in [9.17, 15) is 0 Å². The topological polar surface area (TPSA) is 63.0 Å². The van der Waals surface area contributed by atoms with Crippen molar-refractivity contribution in [3.05, 3.63) is 46.3 Å². The van der Waals surface area contributed by atoms with Crippen LogP contribution in [0.2, 0.25) is 0 Å². The lowest BCUT2D eigenvalue weighted by Crippen LogP contribution is -2.31.